The van der Waals surface area contributed by atoms with Crippen LogP contribution >= 0.6 is 11.6 Å². The van der Waals surface area contributed by atoms with Gasteiger partial charge < -0.3 is 0 Å². The maximum atomic E-state index is 12.1. The quantitative estimate of drug-likeness (QED) is 0.714. The van der Waals surface area contributed by atoms with E-state index < -0.39 is 15.3 Å². The van der Waals surface area contributed by atoms with Gasteiger partial charge in [0.25, 0.3) is 0 Å². The third-order valence-electron chi connectivity index (χ3n) is 3.22. The fraction of sp³-hybridized carbons (Fsp3) is 1.00. The van der Waals surface area contributed by atoms with E-state index in [4.69, 9.17) is 11.6 Å². The predicted molar refractivity (Wildman–Crippen MR) is 67.4 cm³/mol. The van der Waals surface area contributed by atoms with Crippen LogP contribution in [-0.4, -0.2) is 61.0 Å². The van der Waals surface area contributed by atoms with Gasteiger partial charge in [-0.05, 0) is 20.4 Å². The zero-order valence-corrected chi connectivity index (χ0v) is 11.8. The first-order chi connectivity index (χ1) is 7.43. The highest BCUT2D eigenvalue weighted by molar-refractivity contribution is 7.89. The Labute approximate surface area is 104 Å². The average molecular weight is 269 g/mol. The summed E-state index contributed by atoms with van der Waals surface area (Å²) in [5.74, 6) is 0.157. The van der Waals surface area contributed by atoms with Crippen molar-refractivity contribution < 1.29 is 8.42 Å². The first-order valence-corrected chi connectivity index (χ1v) is 7.76. The minimum absolute atomic E-state index is 0.157. The van der Waals surface area contributed by atoms with E-state index in [2.05, 4.69) is 18.7 Å². The second kappa shape index (κ2) is 5.67. The Morgan fingerprint density at radius 3 is 2.50 bits per heavy atom. The third-order valence-corrected chi connectivity index (χ3v) is 6.10. The SMILES string of the molecule is CCN1CCN(S(=O)(=O)C(C)CCl)CC1C. The largest absolute Gasteiger partial charge is 0.298 e. The second-order valence-electron chi connectivity index (χ2n) is 4.35. The second-order valence-corrected chi connectivity index (χ2v) is 7.01. The van der Waals surface area contributed by atoms with Crippen LogP contribution < -0.4 is 0 Å². The van der Waals surface area contributed by atoms with Gasteiger partial charge in [-0.1, -0.05) is 6.92 Å². The van der Waals surface area contributed by atoms with Crippen molar-refractivity contribution >= 4 is 21.6 Å². The summed E-state index contributed by atoms with van der Waals surface area (Å²) in [7, 11) is -3.20. The van der Waals surface area contributed by atoms with Crippen molar-refractivity contribution in [2.45, 2.75) is 32.1 Å². The van der Waals surface area contributed by atoms with Crippen LogP contribution in [-0.2, 0) is 10.0 Å². The van der Waals surface area contributed by atoms with Crippen molar-refractivity contribution in [1.29, 1.82) is 0 Å². The lowest BCUT2D eigenvalue weighted by Gasteiger charge is -2.39. The molecule has 0 N–H and O–H groups in total. The Hall–Kier alpha value is 0.160. The molecule has 6 heteroatoms. The number of halogens is 1. The highest BCUT2D eigenvalue weighted by Gasteiger charge is 2.33. The Balaban J connectivity index is 2.71. The molecule has 1 aliphatic heterocycles. The molecule has 0 aromatic heterocycles. The third kappa shape index (κ3) is 2.88. The Bertz CT molecular complexity index is 321. The van der Waals surface area contributed by atoms with E-state index in [1.807, 2.05) is 0 Å². The highest BCUT2D eigenvalue weighted by atomic mass is 35.5. The summed E-state index contributed by atoms with van der Waals surface area (Å²) in [5, 5.41) is -0.491. The zero-order valence-electron chi connectivity index (χ0n) is 10.2. The molecule has 0 radical (unpaired) electrons. The molecule has 0 aromatic rings. The van der Waals surface area contributed by atoms with Crippen molar-refractivity contribution in [2.24, 2.45) is 0 Å². The summed E-state index contributed by atoms with van der Waals surface area (Å²) < 4.78 is 25.7. The molecular formula is C10H21ClN2O2S. The number of hydrogen-bond acceptors (Lipinski definition) is 3. The smallest absolute Gasteiger partial charge is 0.217 e. The maximum Gasteiger partial charge on any atom is 0.217 e. The summed E-state index contributed by atoms with van der Waals surface area (Å²) in [6, 6.07) is 0.288. The monoisotopic (exact) mass is 268 g/mol. The number of alkyl halides is 1. The van der Waals surface area contributed by atoms with E-state index in [9.17, 15) is 8.42 Å². The van der Waals surface area contributed by atoms with E-state index in [-0.39, 0.29) is 11.9 Å². The summed E-state index contributed by atoms with van der Waals surface area (Å²) in [6.45, 7) is 8.78. The van der Waals surface area contributed by atoms with Gasteiger partial charge in [0.2, 0.25) is 10.0 Å². The van der Waals surface area contributed by atoms with Crippen LogP contribution in [0.2, 0.25) is 0 Å². The lowest BCUT2D eigenvalue weighted by molar-refractivity contribution is 0.135. The molecule has 1 aliphatic rings. The number of rotatable bonds is 4. The molecule has 0 spiro atoms. The number of likely N-dealkylation sites (N-methyl/N-ethyl adjacent to an activating group) is 1. The van der Waals surface area contributed by atoms with Crippen LogP contribution in [0.3, 0.4) is 0 Å². The Kier molecular flexibility index (Phi) is 5.04. The fourth-order valence-corrected chi connectivity index (χ4v) is 3.90. The van der Waals surface area contributed by atoms with E-state index >= 15 is 0 Å². The minimum Gasteiger partial charge on any atom is -0.298 e. The standard InChI is InChI=1S/C10H21ClN2O2S/c1-4-12-5-6-13(8-9(12)2)16(14,15)10(3)7-11/h9-10H,4-8H2,1-3H3. The Morgan fingerprint density at radius 1 is 1.44 bits per heavy atom. The topological polar surface area (TPSA) is 40.6 Å². The summed E-state index contributed by atoms with van der Waals surface area (Å²) in [5.41, 5.74) is 0. The van der Waals surface area contributed by atoms with Gasteiger partial charge in [-0.3, -0.25) is 4.90 Å². The van der Waals surface area contributed by atoms with Crippen molar-refractivity contribution in [1.82, 2.24) is 9.21 Å². The molecular weight excluding hydrogens is 248 g/mol. The molecule has 2 atom stereocenters. The molecule has 2 unspecified atom stereocenters. The number of sulfonamides is 1. The molecule has 16 heavy (non-hydrogen) atoms. The summed E-state index contributed by atoms with van der Waals surface area (Å²) in [6.07, 6.45) is 0. The van der Waals surface area contributed by atoms with Gasteiger partial charge in [0.05, 0.1) is 5.25 Å². The van der Waals surface area contributed by atoms with Gasteiger partial charge >= 0.3 is 0 Å². The average Bonchev–Trinajstić information content (AvgIpc) is 2.27. The van der Waals surface area contributed by atoms with Crippen LogP contribution in [0.5, 0.6) is 0 Å². The number of nitrogens with zero attached hydrogens (tertiary/aromatic N) is 2. The van der Waals surface area contributed by atoms with Gasteiger partial charge in [-0.25, -0.2) is 8.42 Å². The first-order valence-electron chi connectivity index (χ1n) is 5.72. The molecule has 96 valence electrons. The van der Waals surface area contributed by atoms with Gasteiger partial charge in [0.1, 0.15) is 0 Å². The molecule has 1 rings (SSSR count). The Morgan fingerprint density at radius 2 is 2.06 bits per heavy atom. The lowest BCUT2D eigenvalue weighted by atomic mass is 10.2. The van der Waals surface area contributed by atoms with Gasteiger partial charge in [-0.2, -0.15) is 4.31 Å². The summed E-state index contributed by atoms with van der Waals surface area (Å²) >= 11 is 5.63. The molecule has 4 nitrogen and oxygen atoms in total. The minimum atomic E-state index is -3.20. The first kappa shape index (κ1) is 14.2. The molecule has 0 amide bonds. The maximum absolute atomic E-state index is 12.1. The van der Waals surface area contributed by atoms with Crippen molar-refractivity contribution in [3.63, 3.8) is 0 Å². The molecule has 0 saturated carbocycles. The molecule has 1 fully saturated rings. The number of piperazine rings is 1. The van der Waals surface area contributed by atoms with Crippen LogP contribution in [0.4, 0.5) is 0 Å². The van der Waals surface area contributed by atoms with E-state index in [0.717, 1.165) is 13.1 Å². The zero-order chi connectivity index (χ0) is 12.3. The van der Waals surface area contributed by atoms with Crippen molar-refractivity contribution in [3.8, 4) is 0 Å². The van der Waals surface area contributed by atoms with Crippen LogP contribution in [0.1, 0.15) is 20.8 Å². The van der Waals surface area contributed by atoms with Crippen LogP contribution in [0.25, 0.3) is 0 Å². The molecule has 0 bridgehead atoms. The predicted octanol–water partition coefficient (Wildman–Crippen LogP) is 0.969. The number of hydrogen-bond donors (Lipinski definition) is 0. The fourth-order valence-electron chi connectivity index (χ4n) is 2.00. The van der Waals surface area contributed by atoms with Crippen LogP contribution in [0, 0.1) is 0 Å². The lowest BCUT2D eigenvalue weighted by Crippen LogP contribution is -2.54. The highest BCUT2D eigenvalue weighted by Crippen LogP contribution is 2.16. The molecule has 1 heterocycles. The summed E-state index contributed by atoms with van der Waals surface area (Å²) in [4.78, 5) is 2.29. The van der Waals surface area contributed by atoms with Crippen molar-refractivity contribution in [3.05, 3.63) is 0 Å². The van der Waals surface area contributed by atoms with Gasteiger partial charge in [-0.15, -0.1) is 11.6 Å². The van der Waals surface area contributed by atoms with E-state index in [0.29, 0.717) is 13.1 Å². The van der Waals surface area contributed by atoms with Gasteiger partial charge in [0, 0.05) is 31.6 Å². The molecule has 0 aliphatic carbocycles. The van der Waals surface area contributed by atoms with Crippen LogP contribution in [0.15, 0.2) is 0 Å². The van der Waals surface area contributed by atoms with E-state index in [1.165, 1.54) is 0 Å². The normalized spacial score (nSPS) is 26.9. The molecule has 1 saturated heterocycles. The van der Waals surface area contributed by atoms with E-state index in [1.54, 1.807) is 11.2 Å². The van der Waals surface area contributed by atoms with Crippen molar-refractivity contribution in [2.75, 3.05) is 32.1 Å². The molecule has 0 aromatic carbocycles. The van der Waals surface area contributed by atoms with Gasteiger partial charge in [0.15, 0.2) is 0 Å².